The summed E-state index contributed by atoms with van der Waals surface area (Å²) in [5, 5.41) is 18.9. The van der Waals surface area contributed by atoms with Crippen molar-refractivity contribution < 1.29 is 9.90 Å². The van der Waals surface area contributed by atoms with Crippen molar-refractivity contribution in [2.24, 2.45) is 0 Å². The van der Waals surface area contributed by atoms with Gasteiger partial charge in [-0.25, -0.2) is 0 Å². The van der Waals surface area contributed by atoms with E-state index in [-0.39, 0.29) is 5.91 Å². The Morgan fingerprint density at radius 3 is 3.06 bits per heavy atom. The van der Waals surface area contributed by atoms with E-state index in [9.17, 15) is 9.90 Å². The monoisotopic (exact) mass is 259 g/mol. The number of unbranched alkanes of at least 4 members (excludes halogenated alkanes) is 1. The summed E-state index contributed by atoms with van der Waals surface area (Å²) in [4.78, 5) is 11.1. The lowest BCUT2D eigenvalue weighted by atomic mass is 10.0. The number of hydrogen-bond donors (Lipinski definition) is 4. The molecule has 4 N–H and O–H groups in total. The number of carbonyl (C=O) groups is 1. The van der Waals surface area contributed by atoms with E-state index < -0.39 is 6.35 Å². The Labute approximate surface area is 106 Å². The smallest absolute Gasteiger partial charge is 0.219 e. The van der Waals surface area contributed by atoms with Gasteiger partial charge in [-0.15, -0.1) is 0 Å². The molecule has 2 rings (SSSR count). The van der Waals surface area contributed by atoms with Crippen LogP contribution in [0, 0.1) is 0 Å². The lowest BCUT2D eigenvalue weighted by molar-refractivity contribution is -0.120. The fourth-order valence-corrected chi connectivity index (χ4v) is 4.09. The van der Waals surface area contributed by atoms with Crippen LogP contribution in [-0.4, -0.2) is 47.5 Å². The van der Waals surface area contributed by atoms with Crippen LogP contribution < -0.4 is 16.0 Å². The molecule has 2 aliphatic rings. The lowest BCUT2D eigenvalue weighted by Crippen LogP contribution is -2.37. The van der Waals surface area contributed by atoms with Crippen LogP contribution in [0.4, 0.5) is 0 Å². The summed E-state index contributed by atoms with van der Waals surface area (Å²) in [6.07, 6.45) is 3.22. The van der Waals surface area contributed by atoms with E-state index in [1.807, 2.05) is 11.8 Å². The van der Waals surface area contributed by atoms with Gasteiger partial charge in [0.15, 0.2) is 6.35 Å². The zero-order valence-electron chi connectivity index (χ0n) is 10.1. The van der Waals surface area contributed by atoms with Crippen molar-refractivity contribution in [1.82, 2.24) is 16.0 Å². The van der Waals surface area contributed by atoms with Crippen LogP contribution in [0.15, 0.2) is 0 Å². The molecule has 2 aliphatic heterocycles. The van der Waals surface area contributed by atoms with Crippen molar-refractivity contribution >= 4 is 17.7 Å². The van der Waals surface area contributed by atoms with E-state index in [0.717, 1.165) is 25.0 Å². The molecule has 2 unspecified atom stereocenters. The number of nitrogens with one attached hydrogen (secondary N) is 3. The molecule has 0 radical (unpaired) electrons. The fourth-order valence-electron chi connectivity index (χ4n) is 2.52. The highest BCUT2D eigenvalue weighted by Crippen LogP contribution is 2.33. The van der Waals surface area contributed by atoms with Crippen LogP contribution in [0.5, 0.6) is 0 Å². The Morgan fingerprint density at radius 1 is 1.47 bits per heavy atom. The van der Waals surface area contributed by atoms with Crippen molar-refractivity contribution in [3.05, 3.63) is 0 Å². The fraction of sp³-hybridized carbons (Fsp3) is 0.909. The quantitative estimate of drug-likeness (QED) is 0.506. The number of rotatable bonds is 5. The molecule has 2 saturated heterocycles. The van der Waals surface area contributed by atoms with E-state index in [1.54, 1.807) is 7.05 Å². The zero-order valence-corrected chi connectivity index (χ0v) is 10.9. The Balaban J connectivity index is 1.65. The van der Waals surface area contributed by atoms with Crippen LogP contribution in [-0.2, 0) is 4.79 Å². The average molecular weight is 259 g/mol. The van der Waals surface area contributed by atoms with E-state index in [1.165, 1.54) is 0 Å². The molecule has 2 fully saturated rings. The molecular formula is C11H21N3O2S. The standard InChI is InChI=1S/C11H21N3O2S/c1-12-9(15)5-3-2-4-8-10-7(6-17-8)13-11(16)14-10/h7-8,10-11,13-14,16H,2-6H2,1H3,(H,12,15)/t7-,8?,10-,11?/m0/s1. The second kappa shape index (κ2) is 6.04. The van der Waals surface area contributed by atoms with Gasteiger partial charge in [0.05, 0.1) is 0 Å². The maximum atomic E-state index is 11.1. The van der Waals surface area contributed by atoms with Crippen LogP contribution in [0.2, 0.25) is 0 Å². The van der Waals surface area contributed by atoms with Crippen LogP contribution in [0.3, 0.4) is 0 Å². The van der Waals surface area contributed by atoms with E-state index in [0.29, 0.717) is 23.8 Å². The van der Waals surface area contributed by atoms with Gasteiger partial charge in [-0.1, -0.05) is 6.42 Å². The summed E-state index contributed by atoms with van der Waals surface area (Å²) in [6.45, 7) is 0. The van der Waals surface area contributed by atoms with Crippen molar-refractivity contribution in [2.75, 3.05) is 12.8 Å². The van der Waals surface area contributed by atoms with Crippen molar-refractivity contribution in [3.63, 3.8) is 0 Å². The maximum Gasteiger partial charge on any atom is 0.219 e. The van der Waals surface area contributed by atoms with Crippen molar-refractivity contribution in [3.8, 4) is 0 Å². The lowest BCUT2D eigenvalue weighted by Gasteiger charge is -2.17. The molecule has 2 heterocycles. The normalized spacial score (nSPS) is 35.9. The zero-order chi connectivity index (χ0) is 12.3. The van der Waals surface area contributed by atoms with Gasteiger partial charge < -0.3 is 10.4 Å². The van der Waals surface area contributed by atoms with Crippen molar-refractivity contribution in [1.29, 1.82) is 0 Å². The third-order valence-corrected chi connectivity index (χ3v) is 4.98. The second-order valence-corrected chi connectivity index (χ2v) is 5.93. The van der Waals surface area contributed by atoms with Gasteiger partial charge in [-0.3, -0.25) is 15.4 Å². The SMILES string of the molecule is CNC(=O)CCCCC1SC[C@@H]2NC(O)N[C@H]12. The highest BCUT2D eigenvalue weighted by Gasteiger charge is 2.42. The molecule has 0 aromatic heterocycles. The van der Waals surface area contributed by atoms with Gasteiger partial charge in [0, 0.05) is 36.6 Å². The summed E-state index contributed by atoms with van der Waals surface area (Å²) in [6, 6.07) is 0.786. The highest BCUT2D eigenvalue weighted by molar-refractivity contribution is 8.00. The van der Waals surface area contributed by atoms with Crippen LogP contribution in [0.25, 0.3) is 0 Å². The predicted octanol–water partition coefficient (Wildman–Crippen LogP) is -0.386. The summed E-state index contributed by atoms with van der Waals surface area (Å²) < 4.78 is 0. The highest BCUT2D eigenvalue weighted by atomic mass is 32.2. The molecule has 0 spiro atoms. The third kappa shape index (κ3) is 3.34. The van der Waals surface area contributed by atoms with Gasteiger partial charge in [0.1, 0.15) is 0 Å². The molecule has 5 nitrogen and oxygen atoms in total. The first-order chi connectivity index (χ1) is 8.20. The first-order valence-electron chi connectivity index (χ1n) is 6.23. The average Bonchev–Trinajstić information content (AvgIpc) is 2.84. The van der Waals surface area contributed by atoms with Crippen LogP contribution in [0.1, 0.15) is 25.7 Å². The molecule has 6 heteroatoms. The Kier molecular flexibility index (Phi) is 4.67. The van der Waals surface area contributed by atoms with Gasteiger partial charge in [-0.2, -0.15) is 11.8 Å². The van der Waals surface area contributed by atoms with Gasteiger partial charge >= 0.3 is 0 Å². The first kappa shape index (κ1) is 13.1. The minimum Gasteiger partial charge on any atom is -0.365 e. The molecule has 1 amide bonds. The Hall–Kier alpha value is -0.300. The van der Waals surface area contributed by atoms with Crippen LogP contribution >= 0.6 is 11.8 Å². The van der Waals surface area contributed by atoms with E-state index in [4.69, 9.17) is 0 Å². The summed E-state index contributed by atoms with van der Waals surface area (Å²) in [5.74, 6) is 1.19. The molecule has 0 bridgehead atoms. The summed E-state index contributed by atoms with van der Waals surface area (Å²) in [5.41, 5.74) is 0. The second-order valence-electron chi connectivity index (χ2n) is 4.66. The molecule has 17 heavy (non-hydrogen) atoms. The number of carbonyl (C=O) groups excluding carboxylic acids is 1. The molecule has 0 aromatic rings. The molecule has 98 valence electrons. The minimum atomic E-state index is -0.542. The molecular weight excluding hydrogens is 238 g/mol. The molecule has 4 atom stereocenters. The Bertz CT molecular complexity index is 277. The van der Waals surface area contributed by atoms with Gasteiger partial charge in [-0.05, 0) is 12.8 Å². The minimum absolute atomic E-state index is 0.123. The molecule has 0 saturated carbocycles. The van der Waals surface area contributed by atoms with E-state index >= 15 is 0 Å². The number of aliphatic hydroxyl groups excluding tert-OH is 1. The van der Waals surface area contributed by atoms with Gasteiger partial charge in [0.2, 0.25) is 5.91 Å². The van der Waals surface area contributed by atoms with Crippen molar-refractivity contribution in [2.45, 2.75) is 49.4 Å². The van der Waals surface area contributed by atoms with Gasteiger partial charge in [0.25, 0.3) is 0 Å². The topological polar surface area (TPSA) is 73.4 Å². The third-order valence-electron chi connectivity index (χ3n) is 3.47. The molecule has 0 aromatic carbocycles. The number of fused-ring (bicyclic) bond motifs is 1. The molecule has 0 aliphatic carbocycles. The number of amides is 1. The summed E-state index contributed by atoms with van der Waals surface area (Å²) >= 11 is 1.96. The summed E-state index contributed by atoms with van der Waals surface area (Å²) in [7, 11) is 1.68. The first-order valence-corrected chi connectivity index (χ1v) is 7.28. The maximum absolute atomic E-state index is 11.1. The Morgan fingerprint density at radius 2 is 2.29 bits per heavy atom. The largest absolute Gasteiger partial charge is 0.365 e. The predicted molar refractivity (Wildman–Crippen MR) is 68.6 cm³/mol. The van der Waals surface area contributed by atoms with E-state index in [2.05, 4.69) is 16.0 Å². The number of aliphatic hydroxyl groups is 1. The number of thioether (sulfide) groups is 1. The number of hydrogen-bond acceptors (Lipinski definition) is 5.